The maximum absolute atomic E-state index is 14.0. The van der Waals surface area contributed by atoms with Gasteiger partial charge in [-0.25, -0.2) is 10.4 Å². The zero-order valence-electron chi connectivity index (χ0n) is 21.4. The summed E-state index contributed by atoms with van der Waals surface area (Å²) in [6.07, 6.45) is 0.777. The van der Waals surface area contributed by atoms with E-state index in [1.54, 1.807) is 30.3 Å². The van der Waals surface area contributed by atoms with Crippen molar-refractivity contribution in [2.24, 2.45) is 4.99 Å². The number of carbonyl (C=O) groups excluding carboxylic acids is 1. The van der Waals surface area contributed by atoms with Crippen LogP contribution in [0.3, 0.4) is 0 Å². The first-order chi connectivity index (χ1) is 18.9. The molecule has 206 valence electrons. The summed E-state index contributed by atoms with van der Waals surface area (Å²) < 4.78 is 13.0. The predicted octanol–water partition coefficient (Wildman–Crippen LogP) is 6.05. The van der Waals surface area contributed by atoms with Crippen LogP contribution in [0.1, 0.15) is 42.6 Å². The lowest BCUT2D eigenvalue weighted by atomic mass is 9.82. The van der Waals surface area contributed by atoms with Crippen molar-refractivity contribution in [2.75, 3.05) is 19.8 Å². The second-order valence-corrected chi connectivity index (χ2v) is 10.8. The Morgan fingerprint density at radius 1 is 1.15 bits per heavy atom. The van der Waals surface area contributed by atoms with Crippen molar-refractivity contribution in [1.29, 1.82) is 0 Å². The van der Waals surface area contributed by atoms with Gasteiger partial charge in [0.25, 0.3) is 5.91 Å². The van der Waals surface area contributed by atoms with Crippen molar-refractivity contribution in [2.45, 2.75) is 37.8 Å². The molecule has 3 aromatic rings. The van der Waals surface area contributed by atoms with E-state index in [9.17, 15) is 4.79 Å². The molecule has 3 aromatic carbocycles. The summed E-state index contributed by atoms with van der Waals surface area (Å²) in [6, 6.07) is 20.1. The highest BCUT2D eigenvalue weighted by Crippen LogP contribution is 2.45. The van der Waals surface area contributed by atoms with Gasteiger partial charge in [0.05, 0.1) is 6.61 Å². The Labute approximate surface area is 246 Å². The zero-order chi connectivity index (χ0) is 27.8. The molecule has 0 radical (unpaired) electrons. The molecule has 0 fully saturated rings. The average Bonchev–Trinajstić information content (AvgIpc) is 3.31. The molecule has 7 nitrogen and oxygen atoms in total. The van der Waals surface area contributed by atoms with Gasteiger partial charge in [-0.05, 0) is 54.4 Å². The SMILES string of the molecule is CCCNNC(=O)[C@@]1(Cc2ccccc2Br)N=C(c2ccc(OCCCO)cc2)O[C@H]1c1ccc(Cl)cc1Cl. The lowest BCUT2D eigenvalue weighted by Gasteiger charge is -2.31. The van der Waals surface area contributed by atoms with Crippen molar-refractivity contribution < 1.29 is 19.4 Å². The number of hydrazine groups is 1. The quantitative estimate of drug-likeness (QED) is 0.167. The lowest BCUT2D eigenvalue weighted by Crippen LogP contribution is -2.54. The Hall–Kier alpha value is -2.62. The Kier molecular flexibility index (Phi) is 10.3. The first kappa shape index (κ1) is 29.4. The van der Waals surface area contributed by atoms with Crippen LogP contribution in [0.15, 0.2) is 76.2 Å². The lowest BCUT2D eigenvalue weighted by molar-refractivity contribution is -0.130. The number of aliphatic hydroxyl groups excluding tert-OH is 1. The van der Waals surface area contributed by atoms with Crippen LogP contribution in [0.4, 0.5) is 0 Å². The minimum Gasteiger partial charge on any atom is -0.494 e. The predicted molar refractivity (Wildman–Crippen MR) is 157 cm³/mol. The standard InChI is InChI=1S/C29H30BrCl2N3O4/c1-2-14-33-35-28(37)29(18-20-6-3-4-7-24(20)30)26(23-13-10-21(31)17-25(23)32)39-27(34-29)19-8-11-22(12-9-19)38-16-5-15-36/h3-4,6-13,17,26,33,36H,2,5,14-16,18H2,1H3,(H,35,37)/t26-,29-/m0/s1. The van der Waals surface area contributed by atoms with Gasteiger partial charge in [-0.3, -0.25) is 10.2 Å². The minimum atomic E-state index is -1.40. The first-order valence-electron chi connectivity index (χ1n) is 12.7. The van der Waals surface area contributed by atoms with E-state index in [2.05, 4.69) is 26.8 Å². The molecule has 1 amide bonds. The largest absolute Gasteiger partial charge is 0.494 e. The van der Waals surface area contributed by atoms with Gasteiger partial charge in [0.1, 0.15) is 5.75 Å². The van der Waals surface area contributed by atoms with Crippen LogP contribution >= 0.6 is 39.1 Å². The Morgan fingerprint density at radius 3 is 2.62 bits per heavy atom. The van der Waals surface area contributed by atoms with E-state index in [-0.39, 0.29) is 18.9 Å². The molecule has 0 saturated carbocycles. The molecule has 0 aliphatic carbocycles. The van der Waals surface area contributed by atoms with Gasteiger partial charge in [-0.15, -0.1) is 0 Å². The molecule has 1 heterocycles. The van der Waals surface area contributed by atoms with Gasteiger partial charge in [0.15, 0.2) is 11.6 Å². The Morgan fingerprint density at radius 2 is 1.92 bits per heavy atom. The summed E-state index contributed by atoms with van der Waals surface area (Å²) in [5.41, 5.74) is 6.62. The second-order valence-electron chi connectivity index (χ2n) is 9.10. The van der Waals surface area contributed by atoms with E-state index in [0.29, 0.717) is 52.4 Å². The van der Waals surface area contributed by atoms with Crippen LogP contribution in [0.2, 0.25) is 10.0 Å². The topological polar surface area (TPSA) is 92.2 Å². The monoisotopic (exact) mass is 633 g/mol. The van der Waals surface area contributed by atoms with Gasteiger partial charge in [0, 0.05) is 51.6 Å². The van der Waals surface area contributed by atoms with Crippen molar-refractivity contribution in [3.8, 4) is 5.75 Å². The van der Waals surface area contributed by atoms with E-state index in [0.717, 1.165) is 16.5 Å². The Bertz CT molecular complexity index is 1320. The first-order valence-corrected chi connectivity index (χ1v) is 14.2. The van der Waals surface area contributed by atoms with Crippen LogP contribution in [0.25, 0.3) is 0 Å². The number of nitrogens with zero attached hydrogens (tertiary/aromatic N) is 1. The summed E-state index contributed by atoms with van der Waals surface area (Å²) in [4.78, 5) is 19.0. The van der Waals surface area contributed by atoms with Crippen LogP contribution in [0.5, 0.6) is 5.75 Å². The molecule has 0 bridgehead atoms. The molecule has 4 rings (SSSR count). The summed E-state index contributed by atoms with van der Waals surface area (Å²) in [5, 5.41) is 9.86. The molecule has 10 heteroatoms. The number of nitrogens with one attached hydrogen (secondary N) is 2. The van der Waals surface area contributed by atoms with Crippen LogP contribution in [-0.2, 0) is 16.0 Å². The number of rotatable bonds is 12. The number of hydrogen-bond donors (Lipinski definition) is 3. The van der Waals surface area contributed by atoms with Crippen molar-refractivity contribution in [1.82, 2.24) is 10.9 Å². The van der Waals surface area contributed by atoms with Crippen LogP contribution in [0, 0.1) is 0 Å². The highest BCUT2D eigenvalue weighted by atomic mass is 79.9. The zero-order valence-corrected chi connectivity index (χ0v) is 24.5. The molecule has 0 aromatic heterocycles. The molecular weight excluding hydrogens is 605 g/mol. The molecule has 0 saturated heterocycles. The molecule has 3 N–H and O–H groups in total. The van der Waals surface area contributed by atoms with E-state index in [1.807, 2.05) is 43.3 Å². The Balaban J connectivity index is 1.80. The van der Waals surface area contributed by atoms with Crippen molar-refractivity contribution >= 4 is 50.9 Å². The van der Waals surface area contributed by atoms with Gasteiger partial charge in [-0.1, -0.05) is 70.3 Å². The van der Waals surface area contributed by atoms with Gasteiger partial charge < -0.3 is 14.6 Å². The van der Waals surface area contributed by atoms with E-state index in [4.69, 9.17) is 42.8 Å². The number of amides is 1. The fourth-order valence-corrected chi connectivity index (χ4v) is 5.21. The van der Waals surface area contributed by atoms with E-state index >= 15 is 0 Å². The van der Waals surface area contributed by atoms with Crippen LogP contribution < -0.4 is 15.6 Å². The molecule has 0 spiro atoms. The second kappa shape index (κ2) is 13.6. The number of benzene rings is 3. The normalized spacial score (nSPS) is 18.4. The third-order valence-electron chi connectivity index (χ3n) is 6.27. The third kappa shape index (κ3) is 6.94. The maximum Gasteiger partial charge on any atom is 0.266 e. The van der Waals surface area contributed by atoms with E-state index < -0.39 is 11.6 Å². The molecule has 0 unspecified atom stereocenters. The number of aliphatic hydroxyl groups is 1. The smallest absolute Gasteiger partial charge is 0.266 e. The molecule has 2 atom stereocenters. The fourth-order valence-electron chi connectivity index (χ4n) is 4.28. The number of aliphatic imine (C=N–C) groups is 1. The third-order valence-corrected chi connectivity index (χ3v) is 7.61. The van der Waals surface area contributed by atoms with Crippen molar-refractivity contribution in [3.05, 3.63) is 97.9 Å². The number of halogens is 3. The minimum absolute atomic E-state index is 0.0617. The van der Waals surface area contributed by atoms with Gasteiger partial charge in [0.2, 0.25) is 5.90 Å². The molecular formula is C29H30BrCl2N3O4. The summed E-state index contributed by atoms with van der Waals surface area (Å²) >= 11 is 16.5. The summed E-state index contributed by atoms with van der Waals surface area (Å²) in [5.74, 6) is 0.622. The number of hydrogen-bond acceptors (Lipinski definition) is 6. The fraction of sp³-hybridized carbons (Fsp3) is 0.310. The summed E-state index contributed by atoms with van der Waals surface area (Å²) in [6.45, 7) is 3.08. The van der Waals surface area contributed by atoms with Crippen molar-refractivity contribution in [3.63, 3.8) is 0 Å². The molecule has 39 heavy (non-hydrogen) atoms. The van der Waals surface area contributed by atoms with E-state index in [1.165, 1.54) is 0 Å². The average molecular weight is 635 g/mol. The summed E-state index contributed by atoms with van der Waals surface area (Å²) in [7, 11) is 0. The highest BCUT2D eigenvalue weighted by Gasteiger charge is 2.54. The number of ether oxygens (including phenoxy) is 2. The van der Waals surface area contributed by atoms with Crippen LogP contribution in [-0.4, -0.2) is 42.2 Å². The maximum atomic E-state index is 14.0. The van der Waals surface area contributed by atoms with Gasteiger partial charge >= 0.3 is 0 Å². The number of carbonyl (C=O) groups is 1. The van der Waals surface area contributed by atoms with Gasteiger partial charge in [-0.2, -0.15) is 0 Å². The molecule has 1 aliphatic heterocycles. The highest BCUT2D eigenvalue weighted by molar-refractivity contribution is 9.10. The molecule has 1 aliphatic rings.